The lowest BCUT2D eigenvalue weighted by molar-refractivity contribution is -0.115. The van der Waals surface area contributed by atoms with E-state index in [-0.39, 0.29) is 12.3 Å². The summed E-state index contributed by atoms with van der Waals surface area (Å²) in [5.41, 5.74) is 1.87. The van der Waals surface area contributed by atoms with Crippen LogP contribution in [0.4, 0.5) is 11.5 Å². The first-order valence-electron chi connectivity index (χ1n) is 7.77. The molecule has 1 amide bonds. The van der Waals surface area contributed by atoms with Crippen molar-refractivity contribution in [2.75, 3.05) is 36.4 Å². The number of piperazine rings is 1. The van der Waals surface area contributed by atoms with Crippen molar-refractivity contribution < 1.29 is 4.79 Å². The van der Waals surface area contributed by atoms with Gasteiger partial charge in [0, 0.05) is 26.2 Å². The number of carbonyl (C=O) groups excluding carboxylic acids is 1. The lowest BCUT2D eigenvalue weighted by atomic mass is 10.1. The van der Waals surface area contributed by atoms with E-state index < -0.39 is 0 Å². The fourth-order valence-corrected chi connectivity index (χ4v) is 2.91. The number of hydrogen-bond acceptors (Lipinski definition) is 4. The van der Waals surface area contributed by atoms with Crippen LogP contribution in [0.2, 0.25) is 10.0 Å². The van der Waals surface area contributed by atoms with E-state index in [1.54, 1.807) is 24.4 Å². The van der Waals surface area contributed by atoms with Crippen LogP contribution in [-0.2, 0) is 11.2 Å². The van der Waals surface area contributed by atoms with Crippen molar-refractivity contribution in [2.45, 2.75) is 6.42 Å². The van der Waals surface area contributed by atoms with Gasteiger partial charge >= 0.3 is 0 Å². The predicted octanol–water partition coefficient (Wildman–Crippen LogP) is 2.98. The van der Waals surface area contributed by atoms with Crippen molar-refractivity contribution >= 4 is 40.6 Å². The minimum atomic E-state index is -0.143. The summed E-state index contributed by atoms with van der Waals surface area (Å²) in [6.07, 6.45) is 2.01. The standard InChI is InChI=1S/C17H18Cl2N4O/c18-14-3-1-12(9-15(14)19)10-17(24)22-16-4-2-13(11-21-16)23-7-5-20-6-8-23/h1-4,9,11,20H,5-8,10H2,(H,21,22,24). The summed E-state index contributed by atoms with van der Waals surface area (Å²) in [5.74, 6) is 0.398. The zero-order chi connectivity index (χ0) is 16.9. The molecule has 7 heteroatoms. The van der Waals surface area contributed by atoms with E-state index in [4.69, 9.17) is 23.2 Å². The Morgan fingerprint density at radius 2 is 1.96 bits per heavy atom. The van der Waals surface area contributed by atoms with Crippen LogP contribution >= 0.6 is 23.2 Å². The molecule has 0 aliphatic carbocycles. The molecule has 2 heterocycles. The molecule has 1 fully saturated rings. The summed E-state index contributed by atoms with van der Waals surface area (Å²) in [6, 6.07) is 8.98. The van der Waals surface area contributed by atoms with Crippen molar-refractivity contribution in [3.8, 4) is 0 Å². The molecule has 0 unspecified atom stereocenters. The number of nitrogens with zero attached hydrogens (tertiary/aromatic N) is 2. The van der Waals surface area contributed by atoms with Crippen molar-refractivity contribution in [1.82, 2.24) is 10.3 Å². The second kappa shape index (κ2) is 7.83. The molecule has 2 aromatic rings. The van der Waals surface area contributed by atoms with Crippen LogP contribution in [0.1, 0.15) is 5.56 Å². The molecule has 5 nitrogen and oxygen atoms in total. The molecule has 0 bridgehead atoms. The SMILES string of the molecule is O=C(Cc1ccc(Cl)c(Cl)c1)Nc1ccc(N2CCNCC2)cn1. The number of nitrogens with one attached hydrogen (secondary N) is 2. The zero-order valence-electron chi connectivity index (χ0n) is 13.1. The Labute approximate surface area is 151 Å². The van der Waals surface area contributed by atoms with Crippen LogP contribution < -0.4 is 15.5 Å². The Morgan fingerprint density at radius 3 is 2.62 bits per heavy atom. The largest absolute Gasteiger partial charge is 0.368 e. The van der Waals surface area contributed by atoms with Crippen molar-refractivity contribution in [3.05, 3.63) is 52.1 Å². The molecule has 0 atom stereocenters. The summed E-state index contributed by atoms with van der Waals surface area (Å²) in [4.78, 5) is 18.7. The van der Waals surface area contributed by atoms with Crippen molar-refractivity contribution in [3.63, 3.8) is 0 Å². The quantitative estimate of drug-likeness (QED) is 0.875. The Bertz CT molecular complexity index is 715. The van der Waals surface area contributed by atoms with E-state index in [1.165, 1.54) is 0 Å². The van der Waals surface area contributed by atoms with Gasteiger partial charge in [-0.25, -0.2) is 4.98 Å². The van der Waals surface area contributed by atoms with Crippen LogP contribution in [0.5, 0.6) is 0 Å². The van der Waals surface area contributed by atoms with Gasteiger partial charge < -0.3 is 15.5 Å². The summed E-state index contributed by atoms with van der Waals surface area (Å²) in [6.45, 7) is 3.87. The van der Waals surface area contributed by atoms with Crippen LogP contribution in [0.25, 0.3) is 0 Å². The molecule has 1 saturated heterocycles. The predicted molar refractivity (Wildman–Crippen MR) is 98.1 cm³/mol. The Balaban J connectivity index is 1.58. The monoisotopic (exact) mass is 364 g/mol. The number of pyridine rings is 1. The number of rotatable bonds is 4. The molecule has 0 radical (unpaired) electrons. The molecular weight excluding hydrogens is 347 g/mol. The molecule has 3 rings (SSSR count). The van der Waals surface area contributed by atoms with E-state index in [0.29, 0.717) is 15.9 Å². The average molecular weight is 365 g/mol. The van der Waals surface area contributed by atoms with E-state index >= 15 is 0 Å². The maximum Gasteiger partial charge on any atom is 0.229 e. The molecule has 1 aliphatic rings. The van der Waals surface area contributed by atoms with Gasteiger partial charge in [-0.05, 0) is 29.8 Å². The highest BCUT2D eigenvalue weighted by molar-refractivity contribution is 6.42. The van der Waals surface area contributed by atoms with Gasteiger partial charge in [-0.2, -0.15) is 0 Å². The fourth-order valence-electron chi connectivity index (χ4n) is 2.59. The second-order valence-electron chi connectivity index (χ2n) is 5.61. The Hall–Kier alpha value is -1.82. The molecule has 24 heavy (non-hydrogen) atoms. The van der Waals surface area contributed by atoms with Crippen LogP contribution in [-0.4, -0.2) is 37.1 Å². The van der Waals surface area contributed by atoms with Gasteiger partial charge in [0.1, 0.15) is 5.82 Å². The van der Waals surface area contributed by atoms with Gasteiger partial charge in [0.05, 0.1) is 28.4 Å². The maximum atomic E-state index is 12.1. The maximum absolute atomic E-state index is 12.1. The second-order valence-corrected chi connectivity index (χ2v) is 6.43. The molecule has 1 aromatic carbocycles. The summed E-state index contributed by atoms with van der Waals surface area (Å²) in [7, 11) is 0. The van der Waals surface area contributed by atoms with Gasteiger partial charge in [-0.1, -0.05) is 29.3 Å². The van der Waals surface area contributed by atoms with Gasteiger partial charge in [0.25, 0.3) is 0 Å². The first kappa shape index (κ1) is 17.0. The minimum absolute atomic E-state index is 0.143. The van der Waals surface area contributed by atoms with Gasteiger partial charge in [-0.15, -0.1) is 0 Å². The van der Waals surface area contributed by atoms with Crippen molar-refractivity contribution in [1.29, 1.82) is 0 Å². The first-order valence-corrected chi connectivity index (χ1v) is 8.53. The molecule has 0 saturated carbocycles. The molecule has 126 valence electrons. The fraction of sp³-hybridized carbons (Fsp3) is 0.294. The average Bonchev–Trinajstić information content (AvgIpc) is 2.59. The molecule has 1 aromatic heterocycles. The number of carbonyl (C=O) groups is 1. The van der Waals surface area contributed by atoms with Gasteiger partial charge in [-0.3, -0.25) is 4.79 Å². The molecular formula is C17H18Cl2N4O. The van der Waals surface area contributed by atoms with E-state index in [2.05, 4.69) is 20.5 Å². The summed E-state index contributed by atoms with van der Waals surface area (Å²) < 4.78 is 0. The number of benzene rings is 1. The van der Waals surface area contributed by atoms with E-state index in [1.807, 2.05) is 12.1 Å². The number of hydrogen-bond donors (Lipinski definition) is 2. The van der Waals surface area contributed by atoms with Crippen LogP contribution in [0, 0.1) is 0 Å². The third-order valence-electron chi connectivity index (χ3n) is 3.85. The zero-order valence-corrected chi connectivity index (χ0v) is 14.6. The van der Waals surface area contributed by atoms with Crippen LogP contribution in [0.3, 0.4) is 0 Å². The molecule has 0 spiro atoms. The van der Waals surface area contributed by atoms with E-state index in [0.717, 1.165) is 37.4 Å². The lowest BCUT2D eigenvalue weighted by Crippen LogP contribution is -2.43. The first-order chi connectivity index (χ1) is 11.6. The smallest absolute Gasteiger partial charge is 0.229 e. The number of halogens is 2. The number of amides is 1. The highest BCUT2D eigenvalue weighted by Crippen LogP contribution is 2.23. The normalized spacial score (nSPS) is 14.5. The van der Waals surface area contributed by atoms with E-state index in [9.17, 15) is 4.79 Å². The number of anilines is 2. The minimum Gasteiger partial charge on any atom is -0.368 e. The third-order valence-corrected chi connectivity index (χ3v) is 4.59. The third kappa shape index (κ3) is 4.38. The summed E-state index contributed by atoms with van der Waals surface area (Å²) >= 11 is 11.8. The topological polar surface area (TPSA) is 57.3 Å². The van der Waals surface area contributed by atoms with Crippen LogP contribution in [0.15, 0.2) is 36.5 Å². The highest BCUT2D eigenvalue weighted by Gasteiger charge is 2.11. The van der Waals surface area contributed by atoms with Gasteiger partial charge in [0.2, 0.25) is 5.91 Å². The Kier molecular flexibility index (Phi) is 5.56. The van der Waals surface area contributed by atoms with Crippen molar-refractivity contribution in [2.24, 2.45) is 0 Å². The molecule has 1 aliphatic heterocycles. The highest BCUT2D eigenvalue weighted by atomic mass is 35.5. The number of aromatic nitrogens is 1. The van der Waals surface area contributed by atoms with Gasteiger partial charge in [0.15, 0.2) is 0 Å². The molecule has 2 N–H and O–H groups in total. The summed E-state index contributed by atoms with van der Waals surface area (Å²) in [5, 5.41) is 7.04. The Morgan fingerprint density at radius 1 is 1.17 bits per heavy atom. The lowest BCUT2D eigenvalue weighted by Gasteiger charge is -2.29.